The molecule has 0 aliphatic carbocycles. The molecule has 0 unspecified atom stereocenters. The lowest BCUT2D eigenvalue weighted by atomic mass is 9.98. The van der Waals surface area contributed by atoms with Crippen LogP contribution >= 0.6 is 0 Å². The van der Waals surface area contributed by atoms with Crippen LogP contribution in [0.5, 0.6) is 0 Å². The van der Waals surface area contributed by atoms with E-state index in [0.717, 1.165) is 74.2 Å². The number of hydrogen-bond acceptors (Lipinski definition) is 12. The van der Waals surface area contributed by atoms with Crippen molar-refractivity contribution < 1.29 is 0 Å². The lowest BCUT2D eigenvalue weighted by Crippen LogP contribution is -1.86. The second kappa shape index (κ2) is 75.6. The summed E-state index contributed by atoms with van der Waals surface area (Å²) in [6, 6.07) is 57.2. The molecule has 0 radical (unpaired) electrons. The zero-order valence-electron chi connectivity index (χ0n) is 80.2. The van der Waals surface area contributed by atoms with Crippen molar-refractivity contribution in [3.05, 3.63) is 333 Å². The normalized spacial score (nSPS) is 8.69. The molecule has 0 spiro atoms. The van der Waals surface area contributed by atoms with Crippen LogP contribution < -0.4 is 0 Å². The van der Waals surface area contributed by atoms with Gasteiger partial charge in [0, 0.05) is 95.1 Å². The largest absolute Gasteiger partial charge is 0.262 e. The van der Waals surface area contributed by atoms with E-state index in [1.807, 2.05) is 321 Å². The average Bonchev–Trinajstić information content (AvgIpc) is 0.799. The molecule has 632 valence electrons. The van der Waals surface area contributed by atoms with E-state index in [-0.39, 0.29) is 0 Å². The lowest BCUT2D eigenvalue weighted by molar-refractivity contribution is 1.01. The number of aromatic nitrogens is 12. The minimum atomic E-state index is 0.829. The third kappa shape index (κ3) is 54.1. The summed E-state index contributed by atoms with van der Waals surface area (Å²) in [5.74, 6) is 2.51. The molecule has 0 saturated carbocycles. The van der Waals surface area contributed by atoms with E-state index in [2.05, 4.69) is 217 Å². The second-order valence-corrected chi connectivity index (χ2v) is 23.9. The fourth-order valence-corrected chi connectivity index (χ4v) is 9.14. The van der Waals surface area contributed by atoms with Crippen LogP contribution in [0.25, 0.3) is 43.1 Å². The Morgan fingerprint density at radius 2 is 0.569 bits per heavy atom. The number of nitrogens with zero attached hydrogens (tertiary/aromatic N) is 12. The maximum atomic E-state index is 4.17. The summed E-state index contributed by atoms with van der Waals surface area (Å²) in [6.45, 7) is 80.2. The van der Waals surface area contributed by atoms with E-state index in [1.165, 1.54) is 82.0 Å². The van der Waals surface area contributed by atoms with Gasteiger partial charge in [-0.05, 0) is 293 Å². The van der Waals surface area contributed by atoms with E-state index in [1.54, 1.807) is 18.7 Å². The molecule has 6 aromatic carbocycles. The molecule has 116 heavy (non-hydrogen) atoms. The van der Waals surface area contributed by atoms with Crippen molar-refractivity contribution in [3.63, 3.8) is 0 Å². The van der Waals surface area contributed by atoms with Crippen LogP contribution in [-0.2, 0) is 0 Å². The van der Waals surface area contributed by atoms with Gasteiger partial charge < -0.3 is 0 Å². The van der Waals surface area contributed by atoms with Crippen LogP contribution in [0.1, 0.15) is 252 Å². The van der Waals surface area contributed by atoms with Gasteiger partial charge in [-0.15, -0.1) is 0 Å². The van der Waals surface area contributed by atoms with Crippen LogP contribution in [0.3, 0.4) is 0 Å². The minimum Gasteiger partial charge on any atom is -0.262 e. The molecule has 0 N–H and O–H groups in total. The van der Waals surface area contributed by atoms with Crippen molar-refractivity contribution in [3.8, 4) is 0 Å². The smallest absolute Gasteiger partial charge is 0.125 e. The van der Waals surface area contributed by atoms with E-state index < -0.39 is 0 Å². The number of rotatable bonds is 0. The highest BCUT2D eigenvalue weighted by Gasteiger charge is 2.03. The molecular weight excluding hydrogens is 1420 g/mol. The number of aryl methyl sites for hydroxylation is 20. The molecule has 14 rings (SSSR count). The van der Waals surface area contributed by atoms with Gasteiger partial charge in [-0.3, -0.25) is 19.9 Å². The molecule has 0 amide bonds. The Labute approximate surface area is 708 Å². The van der Waals surface area contributed by atoms with Gasteiger partial charge >= 0.3 is 0 Å². The van der Waals surface area contributed by atoms with Gasteiger partial charge in [0.2, 0.25) is 0 Å². The molecule has 0 atom stereocenters. The van der Waals surface area contributed by atoms with Crippen molar-refractivity contribution >= 4 is 43.1 Å². The molecule has 0 aliphatic heterocycles. The molecular formula is C104H156N12. The van der Waals surface area contributed by atoms with Gasteiger partial charge in [0.25, 0.3) is 0 Å². The average molecular weight is 1570 g/mol. The predicted molar refractivity (Wildman–Crippen MR) is 516 cm³/mol. The van der Waals surface area contributed by atoms with Gasteiger partial charge in [0.05, 0.1) is 0 Å². The molecule has 12 heteroatoms. The van der Waals surface area contributed by atoms with Gasteiger partial charge in [-0.25, -0.2) is 39.9 Å². The Morgan fingerprint density at radius 3 is 0.862 bits per heavy atom. The van der Waals surface area contributed by atoms with Crippen LogP contribution in [0, 0.1) is 138 Å². The van der Waals surface area contributed by atoms with Crippen LogP contribution in [-0.4, -0.2) is 59.8 Å². The predicted octanol–water partition coefficient (Wildman–Crippen LogP) is 30.6. The van der Waals surface area contributed by atoms with Gasteiger partial charge in [-0.2, -0.15) is 0 Å². The Morgan fingerprint density at radius 1 is 0.190 bits per heavy atom. The Bertz CT molecular complexity index is 4130. The SMILES string of the molecule is CC.CC.CC.CC.CC.CC.CC.CC.CC.CC.Cc1ccc(C)nc1.Cc1ccc2cc3cc(C)ccc3cc2c1.Cc1cccc(C)n1.Cc1cccc2cc3c(C)cccc3cc12.Cc1cccnc1C.Cc1ccnc(C)c1.Cc1ccnc(C)n1.Cc1ccnc(C)n1.Cc1cnc(C)nc1.Cc1cncnc1C. The fraction of sp³-hybridized carbons (Fsp3) is 0.385. The highest BCUT2D eigenvalue weighted by Crippen LogP contribution is 2.28. The molecule has 0 aliphatic rings. The van der Waals surface area contributed by atoms with E-state index in [0.29, 0.717) is 0 Å². The first-order chi connectivity index (χ1) is 55.8. The second-order valence-electron chi connectivity index (χ2n) is 23.9. The minimum absolute atomic E-state index is 0.829. The van der Waals surface area contributed by atoms with Crippen LogP contribution in [0.2, 0.25) is 0 Å². The van der Waals surface area contributed by atoms with Crippen LogP contribution in [0.4, 0.5) is 0 Å². The zero-order valence-corrected chi connectivity index (χ0v) is 80.2. The summed E-state index contributed by atoms with van der Waals surface area (Å²) in [5.41, 5.74) is 19.9. The summed E-state index contributed by atoms with van der Waals surface area (Å²) >= 11 is 0. The maximum Gasteiger partial charge on any atom is 0.125 e. The zero-order chi connectivity index (χ0) is 90.1. The van der Waals surface area contributed by atoms with Crippen LogP contribution in [0.15, 0.2) is 220 Å². The first kappa shape index (κ1) is 116. The molecule has 12 nitrogen and oxygen atoms in total. The molecule has 0 fully saturated rings. The van der Waals surface area contributed by atoms with Crippen molar-refractivity contribution in [2.24, 2.45) is 0 Å². The molecule has 14 aromatic rings. The molecule has 8 heterocycles. The molecule has 0 bridgehead atoms. The molecule has 8 aromatic heterocycles. The quantitative estimate of drug-likeness (QED) is 0.133. The van der Waals surface area contributed by atoms with Gasteiger partial charge in [-0.1, -0.05) is 241 Å². The van der Waals surface area contributed by atoms with E-state index in [4.69, 9.17) is 0 Å². The van der Waals surface area contributed by atoms with Crippen molar-refractivity contribution in [2.75, 3.05) is 0 Å². The number of hydrogen-bond donors (Lipinski definition) is 0. The highest BCUT2D eigenvalue weighted by atomic mass is 14.9. The number of benzene rings is 6. The lowest BCUT2D eigenvalue weighted by Gasteiger charge is -2.06. The van der Waals surface area contributed by atoms with Crippen molar-refractivity contribution in [1.82, 2.24) is 59.8 Å². The van der Waals surface area contributed by atoms with E-state index >= 15 is 0 Å². The summed E-state index contributed by atoms with van der Waals surface area (Å²) in [5, 5.41) is 10.7. The summed E-state index contributed by atoms with van der Waals surface area (Å²) in [7, 11) is 0. The number of fused-ring (bicyclic) bond motifs is 4. The van der Waals surface area contributed by atoms with Crippen molar-refractivity contribution in [2.45, 2.75) is 277 Å². The summed E-state index contributed by atoms with van der Waals surface area (Å²) in [4.78, 5) is 48.1. The fourth-order valence-electron chi connectivity index (χ4n) is 9.14. The Balaban J connectivity index is -0.000000286. The topological polar surface area (TPSA) is 155 Å². The maximum absolute atomic E-state index is 4.17. The number of pyridine rings is 4. The first-order valence-corrected chi connectivity index (χ1v) is 42.2. The van der Waals surface area contributed by atoms with Crippen molar-refractivity contribution in [1.29, 1.82) is 0 Å². The van der Waals surface area contributed by atoms with E-state index in [9.17, 15) is 0 Å². The summed E-state index contributed by atoms with van der Waals surface area (Å²) in [6.07, 6.45) is 16.0. The van der Waals surface area contributed by atoms with Gasteiger partial charge in [0.15, 0.2) is 0 Å². The third-order valence-electron chi connectivity index (χ3n) is 14.7. The monoisotopic (exact) mass is 1570 g/mol. The highest BCUT2D eigenvalue weighted by molar-refractivity contribution is 6.01. The Hall–Kier alpha value is -10.7. The third-order valence-corrected chi connectivity index (χ3v) is 14.7. The Kier molecular flexibility index (Phi) is 75.7. The van der Waals surface area contributed by atoms with Gasteiger partial charge in [0.1, 0.15) is 23.8 Å². The summed E-state index contributed by atoms with van der Waals surface area (Å²) < 4.78 is 0. The standard InChI is InChI=1S/2C16H14.4C7H9N.4C6H8N2.10C2H6/c1-11-3-5-13-10-16-8-12(2)4-6-14(16)9-15(13)7-11;1-11-5-3-7-13-10-16-12(2)6-4-8-14(16)9-15(11)13;1-6-3-4-8-7(2)5-6;1-6-3-4-7(2)8-5-6;1-6-4-3-5-8-7(6)2;1-6-4-3-5-7(2)8-6;1-5-3-7-4-8-6(5)2;1-5-3-7-6(2)8-4-5;2*1-5-3-4-7-6(2)8-5;10*1-2/h2*3-10H,1-2H3;4*3-5H,1-2H3;4*3-4H,1-2H3;10*1-2H3. The molecule has 0 saturated heterocycles. The first-order valence-electron chi connectivity index (χ1n) is 42.2.